The quantitative estimate of drug-likeness (QED) is 0.310. The van der Waals surface area contributed by atoms with Crippen LogP contribution in [0, 0.1) is 0 Å². The zero-order chi connectivity index (χ0) is 19.2. The van der Waals surface area contributed by atoms with Gasteiger partial charge in [-0.3, -0.25) is 9.59 Å². The fourth-order valence-electron chi connectivity index (χ4n) is 1.78. The van der Waals surface area contributed by atoms with Crippen molar-refractivity contribution in [1.82, 2.24) is 0 Å². The van der Waals surface area contributed by atoms with E-state index in [0.717, 1.165) is 19.3 Å². The maximum absolute atomic E-state index is 9.87. The summed E-state index contributed by atoms with van der Waals surface area (Å²) < 4.78 is 0. The Labute approximate surface area is 155 Å². The van der Waals surface area contributed by atoms with Gasteiger partial charge in [-0.15, -0.1) is 0 Å². The van der Waals surface area contributed by atoms with Gasteiger partial charge in [-0.05, 0) is 36.2 Å². The summed E-state index contributed by atoms with van der Waals surface area (Å²) in [5, 5.41) is 34.5. The lowest BCUT2D eigenvalue weighted by Crippen LogP contribution is -2.30. The molecule has 0 radical (unpaired) electrons. The number of carboxylic acid groups (broad SMARTS) is 2. The highest BCUT2D eigenvalue weighted by Crippen LogP contribution is 2.24. The summed E-state index contributed by atoms with van der Waals surface area (Å²) in [7, 11) is 0. The standard InChI is InChI=1S/C6H12O2.2C5H10O2S/c7-6(8)4-2-1-3-5-6;2*1-4(8)2-3-5(6)7/h7-8H,1-5H2;2*4,8H,2-3H2,1H3,(H,6,7). The van der Waals surface area contributed by atoms with Crippen LogP contribution in [0.1, 0.15) is 71.6 Å². The highest BCUT2D eigenvalue weighted by atomic mass is 32.1. The SMILES string of the molecule is CC(S)CCC(=O)O.CC(S)CCC(=O)O.OC1(O)CCCCC1. The molecule has 0 aromatic rings. The molecule has 0 saturated heterocycles. The van der Waals surface area contributed by atoms with Crippen molar-refractivity contribution in [3.8, 4) is 0 Å². The third kappa shape index (κ3) is 23.8. The van der Waals surface area contributed by atoms with Crippen LogP contribution in [0.2, 0.25) is 0 Å². The number of rotatable bonds is 6. The second-order valence-corrected chi connectivity index (χ2v) is 7.87. The van der Waals surface area contributed by atoms with Gasteiger partial charge in [-0.25, -0.2) is 0 Å². The Hall–Kier alpha value is -0.440. The molecule has 0 aromatic carbocycles. The second kappa shape index (κ2) is 14.9. The minimum atomic E-state index is -1.32. The van der Waals surface area contributed by atoms with Crippen LogP contribution < -0.4 is 0 Å². The van der Waals surface area contributed by atoms with E-state index in [9.17, 15) is 9.59 Å². The van der Waals surface area contributed by atoms with Gasteiger partial charge in [-0.1, -0.05) is 20.3 Å². The molecule has 1 aliphatic rings. The van der Waals surface area contributed by atoms with Gasteiger partial charge >= 0.3 is 11.9 Å². The Morgan fingerprint density at radius 2 is 1.21 bits per heavy atom. The summed E-state index contributed by atoms with van der Waals surface area (Å²) in [5.41, 5.74) is 0. The Bertz CT molecular complexity index is 315. The van der Waals surface area contributed by atoms with Crippen LogP contribution in [0.15, 0.2) is 0 Å². The second-order valence-electron chi connectivity index (χ2n) is 6.11. The van der Waals surface area contributed by atoms with Gasteiger partial charge in [0.1, 0.15) is 0 Å². The normalized spacial score (nSPS) is 18.1. The molecule has 6 nitrogen and oxygen atoms in total. The molecule has 144 valence electrons. The fourth-order valence-corrected chi connectivity index (χ4v) is 2.04. The van der Waals surface area contributed by atoms with Crippen LogP contribution in [0.4, 0.5) is 0 Å². The van der Waals surface area contributed by atoms with Crippen LogP contribution in [0.3, 0.4) is 0 Å². The largest absolute Gasteiger partial charge is 0.481 e. The van der Waals surface area contributed by atoms with Gasteiger partial charge in [0.15, 0.2) is 5.79 Å². The van der Waals surface area contributed by atoms with E-state index >= 15 is 0 Å². The predicted molar refractivity (Wildman–Crippen MR) is 101 cm³/mol. The van der Waals surface area contributed by atoms with E-state index in [2.05, 4.69) is 25.3 Å². The van der Waals surface area contributed by atoms with Crippen molar-refractivity contribution in [2.45, 2.75) is 87.9 Å². The first-order valence-corrected chi connectivity index (χ1v) is 9.24. The Balaban J connectivity index is 0. The van der Waals surface area contributed by atoms with Gasteiger partial charge in [0.05, 0.1) is 0 Å². The van der Waals surface area contributed by atoms with Crippen molar-refractivity contribution in [3.05, 3.63) is 0 Å². The molecule has 0 aromatic heterocycles. The molecule has 1 saturated carbocycles. The molecule has 0 bridgehead atoms. The van der Waals surface area contributed by atoms with Crippen LogP contribution in [-0.2, 0) is 9.59 Å². The number of hydrogen-bond acceptors (Lipinski definition) is 6. The number of hydrogen-bond donors (Lipinski definition) is 6. The van der Waals surface area contributed by atoms with E-state index in [1.807, 2.05) is 13.8 Å². The minimum Gasteiger partial charge on any atom is -0.481 e. The smallest absolute Gasteiger partial charge is 0.303 e. The molecule has 1 aliphatic carbocycles. The molecule has 24 heavy (non-hydrogen) atoms. The van der Waals surface area contributed by atoms with Crippen LogP contribution in [0.25, 0.3) is 0 Å². The van der Waals surface area contributed by atoms with E-state index in [0.29, 0.717) is 25.7 Å². The number of carbonyl (C=O) groups is 2. The summed E-state index contributed by atoms with van der Waals surface area (Å²) in [5.74, 6) is -2.81. The molecule has 2 atom stereocenters. The Kier molecular flexibility index (Phi) is 16.0. The van der Waals surface area contributed by atoms with Crippen LogP contribution in [-0.4, -0.2) is 48.7 Å². The van der Waals surface area contributed by atoms with Crippen LogP contribution in [0.5, 0.6) is 0 Å². The van der Waals surface area contributed by atoms with Crippen molar-refractivity contribution in [1.29, 1.82) is 0 Å². The first-order valence-electron chi connectivity index (χ1n) is 8.20. The van der Waals surface area contributed by atoms with Crippen molar-refractivity contribution >= 4 is 37.2 Å². The lowest BCUT2D eigenvalue weighted by Gasteiger charge is -2.25. The summed E-state index contributed by atoms with van der Waals surface area (Å²) in [4.78, 5) is 19.7. The van der Waals surface area contributed by atoms with Gasteiger partial charge in [-0.2, -0.15) is 25.3 Å². The van der Waals surface area contributed by atoms with E-state index < -0.39 is 17.7 Å². The molecule has 2 unspecified atom stereocenters. The molecule has 8 heteroatoms. The highest BCUT2D eigenvalue weighted by molar-refractivity contribution is 7.81. The molecular formula is C16H32O6S2. The maximum atomic E-state index is 9.87. The third-order valence-electron chi connectivity index (χ3n) is 3.21. The van der Waals surface area contributed by atoms with Crippen molar-refractivity contribution in [2.75, 3.05) is 0 Å². The van der Waals surface area contributed by atoms with Crippen molar-refractivity contribution in [2.24, 2.45) is 0 Å². The van der Waals surface area contributed by atoms with E-state index in [1.54, 1.807) is 0 Å². The zero-order valence-electron chi connectivity index (χ0n) is 14.5. The number of aliphatic hydroxyl groups is 2. The monoisotopic (exact) mass is 384 g/mol. The molecule has 0 aliphatic heterocycles. The molecule has 1 fully saturated rings. The average Bonchev–Trinajstić information content (AvgIpc) is 2.44. The highest BCUT2D eigenvalue weighted by Gasteiger charge is 2.24. The summed E-state index contributed by atoms with van der Waals surface area (Å²) in [6, 6.07) is 0. The molecule has 0 heterocycles. The lowest BCUT2D eigenvalue weighted by atomic mass is 9.95. The average molecular weight is 385 g/mol. The van der Waals surface area contributed by atoms with E-state index in [4.69, 9.17) is 20.4 Å². The number of aliphatic carboxylic acids is 2. The van der Waals surface area contributed by atoms with E-state index in [-0.39, 0.29) is 23.3 Å². The summed E-state index contributed by atoms with van der Waals surface area (Å²) in [6.07, 6.45) is 5.97. The molecule has 0 spiro atoms. The predicted octanol–water partition coefficient (Wildman–Crippen LogP) is 2.97. The fraction of sp³-hybridized carbons (Fsp3) is 0.875. The first kappa shape index (κ1) is 25.8. The van der Waals surface area contributed by atoms with Crippen molar-refractivity contribution < 1.29 is 30.0 Å². The zero-order valence-corrected chi connectivity index (χ0v) is 16.3. The van der Waals surface area contributed by atoms with Gasteiger partial charge in [0.2, 0.25) is 0 Å². The lowest BCUT2D eigenvalue weighted by molar-refractivity contribution is -0.180. The van der Waals surface area contributed by atoms with Gasteiger partial charge < -0.3 is 20.4 Å². The molecule has 4 N–H and O–H groups in total. The summed E-state index contributed by atoms with van der Waals surface area (Å²) >= 11 is 8.02. The maximum Gasteiger partial charge on any atom is 0.303 e. The Morgan fingerprint density at radius 1 is 0.875 bits per heavy atom. The van der Waals surface area contributed by atoms with Gasteiger partial charge in [0, 0.05) is 25.7 Å². The minimum absolute atomic E-state index is 0.200. The topological polar surface area (TPSA) is 115 Å². The molecule has 0 amide bonds. The van der Waals surface area contributed by atoms with Crippen LogP contribution >= 0.6 is 25.3 Å². The Morgan fingerprint density at radius 3 is 1.33 bits per heavy atom. The van der Waals surface area contributed by atoms with Gasteiger partial charge in [0.25, 0.3) is 0 Å². The molecule has 1 rings (SSSR count). The number of carboxylic acids is 2. The summed E-state index contributed by atoms with van der Waals surface area (Å²) in [6.45, 7) is 3.76. The molecular weight excluding hydrogens is 352 g/mol. The van der Waals surface area contributed by atoms with Crippen molar-refractivity contribution in [3.63, 3.8) is 0 Å². The number of thiol groups is 2. The first-order chi connectivity index (χ1) is 11.0. The van der Waals surface area contributed by atoms with E-state index in [1.165, 1.54) is 0 Å². The third-order valence-corrected chi connectivity index (χ3v) is 3.72.